The van der Waals surface area contributed by atoms with Crippen LogP contribution in [0.1, 0.15) is 39.0 Å². The van der Waals surface area contributed by atoms with Gasteiger partial charge in [-0.15, -0.1) is 0 Å². The van der Waals surface area contributed by atoms with E-state index in [2.05, 4.69) is 6.92 Å². The number of hydrogen-bond donors (Lipinski definition) is 2. The van der Waals surface area contributed by atoms with E-state index in [-0.39, 0.29) is 11.9 Å². The summed E-state index contributed by atoms with van der Waals surface area (Å²) in [6, 6.07) is -0.342. The summed E-state index contributed by atoms with van der Waals surface area (Å²) in [7, 11) is 0. The van der Waals surface area contributed by atoms with Crippen LogP contribution in [0.3, 0.4) is 0 Å². The highest BCUT2D eigenvalue weighted by atomic mass is 16.3. The van der Waals surface area contributed by atoms with Gasteiger partial charge in [-0.05, 0) is 38.0 Å². The number of likely N-dealkylation sites (tertiary alicyclic amines) is 1. The molecule has 1 aliphatic heterocycles. The number of β-amino-alcohol motifs (C(OH)–C–C–N with tert-alkyl or cyclic N) is 1. The average Bonchev–Trinajstić information content (AvgIpc) is 2.55. The summed E-state index contributed by atoms with van der Waals surface area (Å²) in [4.78, 5) is 13.4. The molecule has 1 saturated heterocycles. The maximum atomic E-state index is 11.7. The molecular weight excluding hydrogens is 204 g/mol. The van der Waals surface area contributed by atoms with Crippen LogP contribution in [-0.4, -0.2) is 40.6 Å². The van der Waals surface area contributed by atoms with Crippen molar-refractivity contribution in [2.75, 3.05) is 13.1 Å². The third kappa shape index (κ3) is 2.38. The molecule has 0 aromatic carbocycles. The fraction of sp³-hybridized carbons (Fsp3) is 0.917. The zero-order chi connectivity index (χ0) is 11.8. The van der Waals surface area contributed by atoms with E-state index in [1.165, 1.54) is 0 Å². The molecule has 0 radical (unpaired) electrons. The van der Waals surface area contributed by atoms with Crippen LogP contribution in [0.4, 0.5) is 0 Å². The van der Waals surface area contributed by atoms with Gasteiger partial charge in [-0.2, -0.15) is 0 Å². The second-order valence-corrected chi connectivity index (χ2v) is 5.56. The lowest BCUT2D eigenvalue weighted by molar-refractivity contribution is -0.133. The molecule has 0 spiro atoms. The van der Waals surface area contributed by atoms with Gasteiger partial charge in [0.1, 0.15) is 0 Å². The molecular formula is C12H22N2O2. The zero-order valence-electron chi connectivity index (χ0n) is 9.98. The molecule has 1 aliphatic carbocycles. The Morgan fingerprint density at radius 3 is 2.56 bits per heavy atom. The summed E-state index contributed by atoms with van der Waals surface area (Å²) < 4.78 is 0. The molecule has 2 aliphatic rings. The Morgan fingerprint density at radius 1 is 1.44 bits per heavy atom. The molecule has 0 bridgehead atoms. The highest BCUT2D eigenvalue weighted by molar-refractivity contribution is 5.83. The number of carbonyl (C=O) groups excluding carboxylic acids is 1. The van der Waals surface area contributed by atoms with Gasteiger partial charge in [0.2, 0.25) is 5.91 Å². The predicted molar refractivity (Wildman–Crippen MR) is 61.8 cm³/mol. The van der Waals surface area contributed by atoms with Crippen molar-refractivity contribution in [1.82, 2.24) is 4.90 Å². The van der Waals surface area contributed by atoms with E-state index >= 15 is 0 Å². The van der Waals surface area contributed by atoms with Gasteiger partial charge < -0.3 is 15.7 Å². The number of rotatable bonds is 2. The Hall–Kier alpha value is -0.610. The number of nitrogens with two attached hydrogens (primary N) is 1. The van der Waals surface area contributed by atoms with Gasteiger partial charge in [0.05, 0.1) is 11.6 Å². The lowest BCUT2D eigenvalue weighted by atomic mass is 9.79. The fourth-order valence-corrected chi connectivity index (χ4v) is 2.73. The van der Waals surface area contributed by atoms with Gasteiger partial charge in [-0.1, -0.05) is 6.92 Å². The standard InChI is InChI=1S/C12H22N2O2/c1-9-2-5-12(16,6-3-9)8-14-7-4-10(13)11(14)15/h9-10,16H,2-8,13H2,1H3. The lowest BCUT2D eigenvalue weighted by Gasteiger charge is -2.37. The monoisotopic (exact) mass is 226 g/mol. The molecule has 1 atom stereocenters. The highest BCUT2D eigenvalue weighted by Crippen LogP contribution is 2.33. The molecule has 1 amide bonds. The second kappa shape index (κ2) is 4.34. The summed E-state index contributed by atoms with van der Waals surface area (Å²) in [5.41, 5.74) is 5.01. The first-order chi connectivity index (χ1) is 7.50. The first kappa shape index (κ1) is 11.9. The van der Waals surface area contributed by atoms with Crippen LogP contribution >= 0.6 is 0 Å². The minimum Gasteiger partial charge on any atom is -0.388 e. The molecule has 2 fully saturated rings. The lowest BCUT2D eigenvalue weighted by Crippen LogP contribution is -2.47. The van der Waals surface area contributed by atoms with E-state index < -0.39 is 5.60 Å². The number of carbonyl (C=O) groups is 1. The van der Waals surface area contributed by atoms with E-state index in [1.807, 2.05) is 0 Å². The molecule has 1 heterocycles. The number of nitrogens with zero attached hydrogens (tertiary/aromatic N) is 1. The predicted octanol–water partition coefficient (Wildman–Crippen LogP) is 0.487. The van der Waals surface area contributed by atoms with Crippen molar-refractivity contribution in [2.45, 2.75) is 50.7 Å². The smallest absolute Gasteiger partial charge is 0.239 e. The van der Waals surface area contributed by atoms with Gasteiger partial charge in [0, 0.05) is 13.1 Å². The summed E-state index contributed by atoms with van der Waals surface area (Å²) in [5, 5.41) is 10.4. The first-order valence-electron chi connectivity index (χ1n) is 6.27. The zero-order valence-corrected chi connectivity index (χ0v) is 9.98. The van der Waals surface area contributed by atoms with Crippen LogP contribution in [-0.2, 0) is 4.79 Å². The van der Waals surface area contributed by atoms with Crippen LogP contribution in [0.5, 0.6) is 0 Å². The summed E-state index contributed by atoms with van der Waals surface area (Å²) in [6.07, 6.45) is 4.47. The van der Waals surface area contributed by atoms with Gasteiger partial charge in [0.15, 0.2) is 0 Å². The van der Waals surface area contributed by atoms with E-state index in [9.17, 15) is 9.90 Å². The Kier molecular flexibility index (Phi) is 3.22. The van der Waals surface area contributed by atoms with Gasteiger partial charge >= 0.3 is 0 Å². The Labute approximate surface area is 96.8 Å². The minimum absolute atomic E-state index is 0.00652. The fourth-order valence-electron chi connectivity index (χ4n) is 2.73. The Balaban J connectivity index is 1.91. The van der Waals surface area contributed by atoms with Gasteiger partial charge in [-0.25, -0.2) is 0 Å². The third-order valence-corrected chi connectivity index (χ3v) is 4.03. The summed E-state index contributed by atoms with van der Waals surface area (Å²) in [6.45, 7) is 3.40. The third-order valence-electron chi connectivity index (χ3n) is 4.03. The van der Waals surface area contributed by atoms with Crippen molar-refractivity contribution in [1.29, 1.82) is 0 Å². The van der Waals surface area contributed by atoms with E-state index in [0.29, 0.717) is 19.0 Å². The average molecular weight is 226 g/mol. The van der Waals surface area contributed by atoms with Crippen molar-refractivity contribution in [3.8, 4) is 0 Å². The van der Waals surface area contributed by atoms with Crippen LogP contribution in [0.15, 0.2) is 0 Å². The largest absolute Gasteiger partial charge is 0.388 e. The van der Waals surface area contributed by atoms with E-state index in [1.54, 1.807) is 4.90 Å². The Morgan fingerprint density at radius 2 is 2.06 bits per heavy atom. The SMILES string of the molecule is CC1CCC(O)(CN2CCC(N)C2=O)CC1. The van der Waals surface area contributed by atoms with Gasteiger partial charge in [0.25, 0.3) is 0 Å². The molecule has 16 heavy (non-hydrogen) atoms. The highest BCUT2D eigenvalue weighted by Gasteiger charge is 2.38. The van der Waals surface area contributed by atoms with E-state index in [0.717, 1.165) is 32.1 Å². The molecule has 3 N–H and O–H groups in total. The summed E-state index contributed by atoms with van der Waals surface area (Å²) in [5.74, 6) is 0.712. The normalized spacial score (nSPS) is 40.4. The van der Waals surface area contributed by atoms with Crippen LogP contribution < -0.4 is 5.73 Å². The second-order valence-electron chi connectivity index (χ2n) is 5.56. The number of amides is 1. The van der Waals surface area contributed by atoms with Gasteiger partial charge in [-0.3, -0.25) is 4.79 Å². The topological polar surface area (TPSA) is 66.6 Å². The molecule has 0 aromatic rings. The molecule has 2 rings (SSSR count). The number of aliphatic hydroxyl groups is 1. The maximum Gasteiger partial charge on any atom is 0.239 e. The van der Waals surface area contributed by atoms with Crippen LogP contribution in [0, 0.1) is 5.92 Å². The van der Waals surface area contributed by atoms with Crippen molar-refractivity contribution in [2.24, 2.45) is 11.7 Å². The maximum absolute atomic E-state index is 11.7. The van der Waals surface area contributed by atoms with Crippen LogP contribution in [0.2, 0.25) is 0 Å². The van der Waals surface area contributed by atoms with Crippen molar-refractivity contribution in [3.63, 3.8) is 0 Å². The molecule has 92 valence electrons. The molecule has 4 heteroatoms. The Bertz CT molecular complexity index is 272. The first-order valence-corrected chi connectivity index (χ1v) is 6.27. The molecule has 1 unspecified atom stereocenters. The molecule has 4 nitrogen and oxygen atoms in total. The minimum atomic E-state index is -0.660. The van der Waals surface area contributed by atoms with E-state index in [4.69, 9.17) is 5.73 Å². The van der Waals surface area contributed by atoms with Crippen molar-refractivity contribution in [3.05, 3.63) is 0 Å². The molecule has 1 saturated carbocycles. The number of hydrogen-bond acceptors (Lipinski definition) is 3. The van der Waals surface area contributed by atoms with Crippen molar-refractivity contribution >= 4 is 5.91 Å². The van der Waals surface area contributed by atoms with Crippen molar-refractivity contribution < 1.29 is 9.90 Å². The molecule has 0 aromatic heterocycles. The summed E-state index contributed by atoms with van der Waals surface area (Å²) >= 11 is 0. The van der Waals surface area contributed by atoms with Crippen LogP contribution in [0.25, 0.3) is 0 Å². The quantitative estimate of drug-likeness (QED) is 0.720.